The van der Waals surface area contributed by atoms with E-state index in [0.29, 0.717) is 5.56 Å². The smallest absolute Gasteiger partial charge is 0.185 e. The molecular weight excluding hydrogens is 264 g/mol. The molecule has 0 spiro atoms. The second-order valence-corrected chi connectivity index (χ2v) is 4.36. The fourth-order valence-corrected chi connectivity index (χ4v) is 1.82. The number of phenols is 2. The molecule has 19 heavy (non-hydrogen) atoms. The molecular formula is C15H11ClO3. The van der Waals surface area contributed by atoms with Crippen molar-refractivity contribution in [2.45, 2.75) is 0 Å². The highest BCUT2D eigenvalue weighted by atomic mass is 35.5. The van der Waals surface area contributed by atoms with E-state index in [-0.39, 0.29) is 27.9 Å². The Morgan fingerprint density at radius 1 is 1.11 bits per heavy atom. The van der Waals surface area contributed by atoms with Crippen LogP contribution < -0.4 is 0 Å². The summed E-state index contributed by atoms with van der Waals surface area (Å²) in [4.78, 5) is 11.8. The van der Waals surface area contributed by atoms with Gasteiger partial charge in [-0.25, -0.2) is 0 Å². The lowest BCUT2D eigenvalue weighted by Gasteiger charge is -2.02. The third-order valence-corrected chi connectivity index (χ3v) is 2.77. The van der Waals surface area contributed by atoms with Gasteiger partial charge in [-0.2, -0.15) is 0 Å². The molecule has 2 aromatic carbocycles. The quantitative estimate of drug-likeness (QED) is 0.510. The van der Waals surface area contributed by atoms with Crippen LogP contribution in [0.5, 0.6) is 11.5 Å². The molecule has 0 atom stereocenters. The van der Waals surface area contributed by atoms with Crippen molar-refractivity contribution < 1.29 is 15.0 Å². The molecule has 0 amide bonds. The number of hydrogen-bond acceptors (Lipinski definition) is 3. The maximum Gasteiger partial charge on any atom is 0.185 e. The Balaban J connectivity index is 2.27. The molecule has 0 bridgehead atoms. The van der Waals surface area contributed by atoms with E-state index in [1.54, 1.807) is 24.3 Å². The number of allylic oxidation sites excluding steroid dienone is 1. The molecule has 4 heteroatoms. The molecule has 3 nitrogen and oxygen atoms in total. The first-order valence-corrected chi connectivity index (χ1v) is 5.94. The maximum atomic E-state index is 11.8. The number of carbonyl (C=O) groups excluding carboxylic acids is 1. The second kappa shape index (κ2) is 5.59. The van der Waals surface area contributed by atoms with Gasteiger partial charge in [-0.05, 0) is 18.2 Å². The lowest BCUT2D eigenvalue weighted by atomic mass is 10.1. The Hall–Kier alpha value is -2.26. The lowest BCUT2D eigenvalue weighted by molar-refractivity contribution is 0.104. The normalized spacial score (nSPS) is 10.8. The molecule has 0 radical (unpaired) electrons. The number of rotatable bonds is 3. The van der Waals surface area contributed by atoms with E-state index in [4.69, 9.17) is 11.6 Å². The van der Waals surface area contributed by atoms with Gasteiger partial charge in [-0.15, -0.1) is 0 Å². The van der Waals surface area contributed by atoms with Gasteiger partial charge in [0.05, 0.1) is 0 Å². The molecule has 2 N–H and O–H groups in total. The molecule has 2 rings (SSSR count). The lowest BCUT2D eigenvalue weighted by Crippen LogP contribution is -1.92. The molecule has 0 unspecified atom stereocenters. The first kappa shape index (κ1) is 13.2. The van der Waals surface area contributed by atoms with Gasteiger partial charge in [0.25, 0.3) is 0 Å². The number of benzene rings is 2. The molecule has 0 saturated heterocycles. The van der Waals surface area contributed by atoms with Crippen molar-refractivity contribution in [3.63, 3.8) is 0 Å². The molecule has 96 valence electrons. The summed E-state index contributed by atoms with van der Waals surface area (Å²) >= 11 is 5.76. The minimum absolute atomic E-state index is 0.195. The van der Waals surface area contributed by atoms with Crippen LogP contribution in [-0.4, -0.2) is 16.0 Å². The summed E-state index contributed by atoms with van der Waals surface area (Å²) in [5, 5.41) is 19.3. The van der Waals surface area contributed by atoms with Crippen molar-refractivity contribution in [1.82, 2.24) is 0 Å². The van der Waals surface area contributed by atoms with E-state index in [9.17, 15) is 15.0 Å². The fraction of sp³-hybridized carbons (Fsp3) is 0. The van der Waals surface area contributed by atoms with Crippen molar-refractivity contribution >= 4 is 23.5 Å². The number of hydrogen-bond donors (Lipinski definition) is 2. The summed E-state index contributed by atoms with van der Waals surface area (Å²) in [6.07, 6.45) is 2.73. The number of ketones is 1. The highest BCUT2D eigenvalue weighted by Gasteiger charge is 2.07. The van der Waals surface area contributed by atoms with E-state index in [1.165, 1.54) is 24.3 Å². The Labute approximate surface area is 115 Å². The second-order valence-electron chi connectivity index (χ2n) is 3.93. The van der Waals surface area contributed by atoms with Gasteiger partial charge in [0.15, 0.2) is 17.3 Å². The van der Waals surface area contributed by atoms with E-state index >= 15 is 0 Å². The summed E-state index contributed by atoms with van der Waals surface area (Å²) in [5.41, 5.74) is 0.832. The zero-order valence-electron chi connectivity index (χ0n) is 9.88. The molecule has 0 saturated carbocycles. The average Bonchev–Trinajstić information content (AvgIpc) is 2.41. The Kier molecular flexibility index (Phi) is 3.88. The number of phenolic OH excluding ortho intramolecular Hbond substituents is 2. The largest absolute Gasteiger partial charge is 0.504 e. The van der Waals surface area contributed by atoms with Gasteiger partial charge in [0.2, 0.25) is 0 Å². The van der Waals surface area contributed by atoms with Crippen LogP contribution in [-0.2, 0) is 0 Å². The Morgan fingerprint density at radius 3 is 2.47 bits per heavy atom. The summed E-state index contributed by atoms with van der Waals surface area (Å²) in [6.45, 7) is 0. The SMILES string of the molecule is O=C(C=Cc1cc(Cl)cc(O)c1O)c1ccccc1. The first-order valence-electron chi connectivity index (χ1n) is 5.57. The van der Waals surface area contributed by atoms with Crippen LogP contribution >= 0.6 is 11.6 Å². The minimum atomic E-state index is -0.320. The molecule has 0 heterocycles. The van der Waals surface area contributed by atoms with Crippen LogP contribution in [0.4, 0.5) is 0 Å². The van der Waals surface area contributed by atoms with E-state index in [2.05, 4.69) is 0 Å². The zero-order chi connectivity index (χ0) is 13.8. The molecule has 0 aromatic heterocycles. The average molecular weight is 275 g/mol. The number of halogens is 1. The van der Waals surface area contributed by atoms with E-state index < -0.39 is 0 Å². The fourth-order valence-electron chi connectivity index (χ4n) is 1.60. The van der Waals surface area contributed by atoms with Crippen LogP contribution in [0.15, 0.2) is 48.5 Å². The predicted molar refractivity (Wildman–Crippen MR) is 74.6 cm³/mol. The Bertz CT molecular complexity index is 633. The van der Waals surface area contributed by atoms with Gasteiger partial charge in [0.1, 0.15) is 0 Å². The van der Waals surface area contributed by atoms with Crippen LogP contribution in [0.25, 0.3) is 6.08 Å². The maximum absolute atomic E-state index is 11.8. The molecule has 2 aromatic rings. The first-order chi connectivity index (χ1) is 9.08. The van der Waals surface area contributed by atoms with Crippen LogP contribution in [0.2, 0.25) is 5.02 Å². The summed E-state index contributed by atoms with van der Waals surface area (Å²) in [6, 6.07) is 11.4. The van der Waals surface area contributed by atoms with Gasteiger partial charge >= 0.3 is 0 Å². The summed E-state index contributed by atoms with van der Waals surface area (Å²) in [5.74, 6) is -0.819. The van der Waals surface area contributed by atoms with E-state index in [0.717, 1.165) is 0 Å². The molecule has 0 fully saturated rings. The standard InChI is InChI=1S/C15H11ClO3/c16-12-8-11(15(19)14(18)9-12)6-7-13(17)10-4-2-1-3-5-10/h1-9,18-19H. The molecule has 0 aliphatic heterocycles. The highest BCUT2D eigenvalue weighted by Crippen LogP contribution is 2.33. The monoisotopic (exact) mass is 274 g/mol. The van der Waals surface area contributed by atoms with Gasteiger partial charge in [-0.3, -0.25) is 4.79 Å². The van der Waals surface area contributed by atoms with Gasteiger partial charge in [-0.1, -0.05) is 41.9 Å². The van der Waals surface area contributed by atoms with Gasteiger partial charge < -0.3 is 10.2 Å². The number of carbonyl (C=O) groups is 1. The topological polar surface area (TPSA) is 57.5 Å². The molecule has 0 aliphatic rings. The number of aromatic hydroxyl groups is 2. The van der Waals surface area contributed by atoms with Gasteiger partial charge in [0, 0.05) is 22.2 Å². The molecule has 0 aliphatic carbocycles. The Morgan fingerprint density at radius 2 is 1.79 bits per heavy atom. The minimum Gasteiger partial charge on any atom is -0.504 e. The summed E-state index contributed by atoms with van der Waals surface area (Å²) < 4.78 is 0. The van der Waals surface area contributed by atoms with Crippen molar-refractivity contribution in [3.8, 4) is 11.5 Å². The van der Waals surface area contributed by atoms with Crippen LogP contribution in [0, 0.1) is 0 Å². The van der Waals surface area contributed by atoms with E-state index in [1.807, 2.05) is 6.07 Å². The van der Waals surface area contributed by atoms with Crippen molar-refractivity contribution in [2.75, 3.05) is 0 Å². The van der Waals surface area contributed by atoms with Crippen molar-refractivity contribution in [2.24, 2.45) is 0 Å². The van der Waals surface area contributed by atoms with Crippen molar-refractivity contribution in [1.29, 1.82) is 0 Å². The zero-order valence-corrected chi connectivity index (χ0v) is 10.6. The van der Waals surface area contributed by atoms with Crippen LogP contribution in [0.3, 0.4) is 0 Å². The third kappa shape index (κ3) is 3.14. The summed E-state index contributed by atoms with van der Waals surface area (Å²) in [7, 11) is 0. The predicted octanol–water partition coefficient (Wildman–Crippen LogP) is 3.65. The van der Waals surface area contributed by atoms with Crippen molar-refractivity contribution in [3.05, 3.63) is 64.7 Å². The van der Waals surface area contributed by atoms with Crippen LogP contribution in [0.1, 0.15) is 15.9 Å². The highest BCUT2D eigenvalue weighted by molar-refractivity contribution is 6.31. The third-order valence-electron chi connectivity index (χ3n) is 2.56.